The monoisotopic (exact) mass is 322 g/mol. The van der Waals surface area contributed by atoms with Gasteiger partial charge in [0.1, 0.15) is 0 Å². The second-order valence-electron chi connectivity index (χ2n) is 5.49. The number of hydrogen-bond donors (Lipinski definition) is 2. The first kappa shape index (κ1) is 18.8. The molecule has 23 heavy (non-hydrogen) atoms. The molecule has 0 unspecified atom stereocenters. The number of ether oxygens (including phenoxy) is 2. The molecule has 1 aromatic rings. The van der Waals surface area contributed by atoms with Crippen molar-refractivity contribution in [1.29, 1.82) is 0 Å². The number of aryl methyl sites for hydroxylation is 1. The Bertz CT molecular complexity index is 529. The maximum Gasteiger partial charge on any atom is 0.222 e. The van der Waals surface area contributed by atoms with Gasteiger partial charge >= 0.3 is 0 Å². The maximum atomic E-state index is 11.8. The molecule has 6 heteroatoms. The summed E-state index contributed by atoms with van der Waals surface area (Å²) in [5, 5.41) is 5.54. The summed E-state index contributed by atoms with van der Waals surface area (Å²) in [7, 11) is 3.17. The summed E-state index contributed by atoms with van der Waals surface area (Å²) in [5.41, 5.74) is 1.01. The lowest BCUT2D eigenvalue weighted by Crippen LogP contribution is -2.36. The molecule has 1 aromatic carbocycles. The quantitative estimate of drug-likeness (QED) is 0.676. The minimum Gasteiger partial charge on any atom is -0.493 e. The van der Waals surface area contributed by atoms with E-state index in [0.29, 0.717) is 37.4 Å². The van der Waals surface area contributed by atoms with Gasteiger partial charge in [0.15, 0.2) is 11.5 Å². The van der Waals surface area contributed by atoms with Crippen molar-refractivity contribution in [3.8, 4) is 11.5 Å². The Morgan fingerprint density at radius 3 is 2.30 bits per heavy atom. The zero-order chi connectivity index (χ0) is 17.2. The Balaban J connectivity index is 2.32. The van der Waals surface area contributed by atoms with Gasteiger partial charge in [-0.25, -0.2) is 0 Å². The number of carbonyl (C=O) groups is 2. The minimum absolute atomic E-state index is 0.00965. The third-order valence-corrected chi connectivity index (χ3v) is 3.36. The molecule has 0 radical (unpaired) electrons. The van der Waals surface area contributed by atoms with E-state index in [9.17, 15) is 9.59 Å². The van der Waals surface area contributed by atoms with Crippen LogP contribution in [0.25, 0.3) is 0 Å². The molecule has 0 aromatic heterocycles. The Morgan fingerprint density at radius 1 is 1.04 bits per heavy atom. The summed E-state index contributed by atoms with van der Waals surface area (Å²) in [6, 6.07) is 5.61. The summed E-state index contributed by atoms with van der Waals surface area (Å²) in [6.45, 7) is 4.54. The molecule has 0 fully saturated rings. The molecular formula is C17H26N2O4. The van der Waals surface area contributed by atoms with Gasteiger partial charge in [-0.05, 0) is 24.1 Å². The first-order valence-electron chi connectivity index (χ1n) is 7.73. The van der Waals surface area contributed by atoms with Gasteiger partial charge in [-0.3, -0.25) is 9.59 Å². The predicted molar refractivity (Wildman–Crippen MR) is 88.7 cm³/mol. The topological polar surface area (TPSA) is 76.7 Å². The van der Waals surface area contributed by atoms with Crippen molar-refractivity contribution in [3.63, 3.8) is 0 Å². The van der Waals surface area contributed by atoms with Gasteiger partial charge < -0.3 is 20.1 Å². The van der Waals surface area contributed by atoms with Crippen LogP contribution in [0.15, 0.2) is 18.2 Å². The van der Waals surface area contributed by atoms with E-state index in [1.54, 1.807) is 14.2 Å². The minimum atomic E-state index is -0.0456. The van der Waals surface area contributed by atoms with Gasteiger partial charge in [-0.1, -0.05) is 19.9 Å². The zero-order valence-corrected chi connectivity index (χ0v) is 14.3. The summed E-state index contributed by atoms with van der Waals surface area (Å²) < 4.78 is 10.4. The van der Waals surface area contributed by atoms with Crippen molar-refractivity contribution in [3.05, 3.63) is 23.8 Å². The van der Waals surface area contributed by atoms with E-state index >= 15 is 0 Å². The number of benzene rings is 1. The van der Waals surface area contributed by atoms with Gasteiger partial charge in [0, 0.05) is 25.4 Å². The second kappa shape index (κ2) is 9.71. The molecule has 0 saturated carbocycles. The van der Waals surface area contributed by atoms with E-state index in [1.165, 1.54) is 0 Å². The summed E-state index contributed by atoms with van der Waals surface area (Å²) in [4.78, 5) is 23.2. The zero-order valence-electron chi connectivity index (χ0n) is 14.3. The molecule has 0 atom stereocenters. The largest absolute Gasteiger partial charge is 0.493 e. The number of hydrogen-bond acceptors (Lipinski definition) is 4. The molecule has 2 N–H and O–H groups in total. The Labute approximate surface area is 137 Å². The molecule has 128 valence electrons. The summed E-state index contributed by atoms with van der Waals surface area (Å²) >= 11 is 0. The van der Waals surface area contributed by atoms with E-state index in [1.807, 2.05) is 32.0 Å². The van der Waals surface area contributed by atoms with Crippen LogP contribution in [-0.4, -0.2) is 39.1 Å². The van der Waals surface area contributed by atoms with Gasteiger partial charge in [0.05, 0.1) is 14.2 Å². The first-order chi connectivity index (χ1) is 11.0. The lowest BCUT2D eigenvalue weighted by Gasteiger charge is -2.10. The molecule has 0 aliphatic rings. The molecule has 0 heterocycles. The highest BCUT2D eigenvalue weighted by Crippen LogP contribution is 2.27. The lowest BCUT2D eigenvalue weighted by molar-refractivity contribution is -0.124. The van der Waals surface area contributed by atoms with Crippen LogP contribution in [0, 0.1) is 5.92 Å². The van der Waals surface area contributed by atoms with Crippen molar-refractivity contribution in [2.75, 3.05) is 27.3 Å². The first-order valence-corrected chi connectivity index (χ1v) is 7.73. The van der Waals surface area contributed by atoms with E-state index < -0.39 is 0 Å². The molecule has 0 spiro atoms. The number of amides is 2. The van der Waals surface area contributed by atoms with Crippen LogP contribution in [0.3, 0.4) is 0 Å². The van der Waals surface area contributed by atoms with Gasteiger partial charge in [-0.2, -0.15) is 0 Å². The smallest absolute Gasteiger partial charge is 0.222 e. The summed E-state index contributed by atoms with van der Waals surface area (Å²) in [5.74, 6) is 1.22. The SMILES string of the molecule is COc1ccc(CCC(=O)NCCNC(=O)C(C)C)cc1OC. The highest BCUT2D eigenvalue weighted by Gasteiger charge is 2.08. The third-order valence-electron chi connectivity index (χ3n) is 3.36. The van der Waals surface area contributed by atoms with Crippen LogP contribution in [0.5, 0.6) is 11.5 Å². The Kier molecular flexibility index (Phi) is 7.94. The van der Waals surface area contributed by atoms with Crippen LogP contribution in [0.4, 0.5) is 0 Å². The Morgan fingerprint density at radius 2 is 1.70 bits per heavy atom. The molecular weight excluding hydrogens is 296 g/mol. The standard InChI is InChI=1S/C17H26N2O4/c1-12(2)17(21)19-10-9-18-16(20)8-6-13-5-7-14(22-3)15(11-13)23-4/h5,7,11-12H,6,8-10H2,1-4H3,(H,18,20)(H,19,21). The van der Waals surface area contributed by atoms with E-state index in [4.69, 9.17) is 9.47 Å². The van der Waals surface area contributed by atoms with Crippen molar-refractivity contribution in [2.45, 2.75) is 26.7 Å². The van der Waals surface area contributed by atoms with E-state index in [-0.39, 0.29) is 17.7 Å². The van der Waals surface area contributed by atoms with E-state index in [2.05, 4.69) is 10.6 Å². The van der Waals surface area contributed by atoms with Crippen LogP contribution in [0.2, 0.25) is 0 Å². The van der Waals surface area contributed by atoms with Crippen LogP contribution in [0.1, 0.15) is 25.8 Å². The lowest BCUT2D eigenvalue weighted by atomic mass is 10.1. The molecule has 1 rings (SSSR count). The van der Waals surface area contributed by atoms with Crippen molar-refractivity contribution >= 4 is 11.8 Å². The van der Waals surface area contributed by atoms with Gasteiger partial charge in [-0.15, -0.1) is 0 Å². The van der Waals surface area contributed by atoms with Crippen LogP contribution in [-0.2, 0) is 16.0 Å². The fraction of sp³-hybridized carbons (Fsp3) is 0.529. The highest BCUT2D eigenvalue weighted by molar-refractivity contribution is 5.78. The normalized spacial score (nSPS) is 10.3. The molecule has 0 saturated heterocycles. The number of methoxy groups -OCH3 is 2. The summed E-state index contributed by atoms with van der Waals surface area (Å²) in [6.07, 6.45) is 0.998. The highest BCUT2D eigenvalue weighted by atomic mass is 16.5. The molecule has 6 nitrogen and oxygen atoms in total. The van der Waals surface area contributed by atoms with Crippen LogP contribution >= 0.6 is 0 Å². The molecule has 0 aliphatic heterocycles. The third kappa shape index (κ3) is 6.59. The number of rotatable bonds is 9. The van der Waals surface area contributed by atoms with Gasteiger partial charge in [0.25, 0.3) is 0 Å². The van der Waals surface area contributed by atoms with Gasteiger partial charge in [0.2, 0.25) is 11.8 Å². The predicted octanol–water partition coefficient (Wildman–Crippen LogP) is 1.52. The van der Waals surface area contributed by atoms with Crippen molar-refractivity contribution in [1.82, 2.24) is 10.6 Å². The van der Waals surface area contributed by atoms with Crippen molar-refractivity contribution in [2.24, 2.45) is 5.92 Å². The van der Waals surface area contributed by atoms with Crippen molar-refractivity contribution < 1.29 is 19.1 Å². The average Bonchev–Trinajstić information content (AvgIpc) is 2.56. The fourth-order valence-corrected chi connectivity index (χ4v) is 1.97. The van der Waals surface area contributed by atoms with Crippen LogP contribution < -0.4 is 20.1 Å². The number of nitrogens with one attached hydrogen (secondary N) is 2. The molecule has 0 aliphatic carbocycles. The number of carbonyl (C=O) groups excluding carboxylic acids is 2. The van der Waals surface area contributed by atoms with E-state index in [0.717, 1.165) is 5.56 Å². The second-order valence-corrected chi connectivity index (χ2v) is 5.49. The Hall–Kier alpha value is -2.24. The average molecular weight is 322 g/mol. The molecule has 0 bridgehead atoms. The molecule has 2 amide bonds. The fourth-order valence-electron chi connectivity index (χ4n) is 1.97. The maximum absolute atomic E-state index is 11.8.